The van der Waals surface area contributed by atoms with E-state index in [1.54, 1.807) is 6.92 Å². The van der Waals surface area contributed by atoms with Gasteiger partial charge >= 0.3 is 0 Å². The molecule has 0 radical (unpaired) electrons. The minimum Gasteiger partial charge on any atom is -0.370 e. The quantitative estimate of drug-likeness (QED) is 0.244. The molecule has 0 heterocycles. The Morgan fingerprint density at radius 1 is 1.41 bits per heavy atom. The van der Waals surface area contributed by atoms with Crippen LogP contribution in [0.25, 0.3) is 0 Å². The summed E-state index contributed by atoms with van der Waals surface area (Å²) in [6, 6.07) is 0. The summed E-state index contributed by atoms with van der Waals surface area (Å²) in [5.74, 6) is 0.453. The number of hydrogen-bond acceptors (Lipinski definition) is 3. The third-order valence-electron chi connectivity index (χ3n) is 1.88. The van der Waals surface area contributed by atoms with E-state index in [0.29, 0.717) is 32.0 Å². The molecule has 7 heteroatoms. The van der Waals surface area contributed by atoms with Crippen LogP contribution in [0.1, 0.15) is 20.3 Å². The molecular weight excluding hydrogens is 240 g/mol. The Bertz CT molecular complexity index is 363. The van der Waals surface area contributed by atoms with Crippen LogP contribution < -0.4 is 15.8 Å². The highest BCUT2D eigenvalue weighted by molar-refractivity contribution is 7.89. The van der Waals surface area contributed by atoms with Gasteiger partial charge in [-0.25, -0.2) is 18.1 Å². The predicted molar refractivity (Wildman–Crippen MR) is 71.4 cm³/mol. The number of aliphatic imine (C=N–C) groups is 1. The summed E-state index contributed by atoms with van der Waals surface area (Å²) in [5.41, 5.74) is 6.51. The first-order chi connectivity index (χ1) is 7.87. The van der Waals surface area contributed by atoms with Crippen LogP contribution in [-0.4, -0.2) is 39.8 Å². The van der Waals surface area contributed by atoms with Crippen molar-refractivity contribution in [2.24, 2.45) is 10.7 Å². The van der Waals surface area contributed by atoms with Crippen molar-refractivity contribution in [3.8, 4) is 0 Å². The van der Waals surface area contributed by atoms with Gasteiger partial charge < -0.3 is 11.1 Å². The smallest absolute Gasteiger partial charge is 0.211 e. The third kappa shape index (κ3) is 9.83. The molecule has 0 saturated carbocycles. The zero-order valence-electron chi connectivity index (χ0n) is 10.5. The molecule has 0 rings (SSSR count). The number of guanidine groups is 1. The number of nitrogens with two attached hydrogens (primary N) is 1. The van der Waals surface area contributed by atoms with Crippen LogP contribution in [0.3, 0.4) is 0 Å². The van der Waals surface area contributed by atoms with Gasteiger partial charge in [0.15, 0.2) is 5.96 Å². The topological polar surface area (TPSA) is 96.6 Å². The van der Waals surface area contributed by atoms with Gasteiger partial charge in [-0.3, -0.25) is 0 Å². The molecule has 4 N–H and O–H groups in total. The minimum atomic E-state index is -3.09. The molecule has 0 aromatic carbocycles. The number of rotatable bonds is 8. The molecule has 0 aromatic heterocycles. The first kappa shape index (κ1) is 15.9. The lowest BCUT2D eigenvalue weighted by atomic mass is 10.4. The second-order valence-electron chi connectivity index (χ2n) is 3.74. The van der Waals surface area contributed by atoms with Gasteiger partial charge in [0.2, 0.25) is 10.0 Å². The van der Waals surface area contributed by atoms with Crippen LogP contribution >= 0.6 is 0 Å². The summed E-state index contributed by atoms with van der Waals surface area (Å²) in [7, 11) is -3.09. The summed E-state index contributed by atoms with van der Waals surface area (Å²) < 4.78 is 24.6. The second-order valence-corrected chi connectivity index (χ2v) is 5.83. The van der Waals surface area contributed by atoms with E-state index in [1.807, 2.05) is 6.92 Å². The molecule has 0 aliphatic heterocycles. The molecule has 6 nitrogen and oxygen atoms in total. The van der Waals surface area contributed by atoms with Crippen molar-refractivity contribution < 1.29 is 8.42 Å². The van der Waals surface area contributed by atoms with E-state index in [4.69, 9.17) is 5.73 Å². The highest BCUT2D eigenvalue weighted by atomic mass is 32.2. The lowest BCUT2D eigenvalue weighted by molar-refractivity contribution is 0.579. The van der Waals surface area contributed by atoms with Gasteiger partial charge in [-0.15, -0.1) is 0 Å². The number of hydrogen-bond donors (Lipinski definition) is 3. The average Bonchev–Trinajstić information content (AvgIpc) is 2.25. The van der Waals surface area contributed by atoms with Crippen molar-refractivity contribution in [3.63, 3.8) is 0 Å². The van der Waals surface area contributed by atoms with Crippen molar-refractivity contribution in [2.45, 2.75) is 20.3 Å². The highest BCUT2D eigenvalue weighted by Crippen LogP contribution is 1.86. The SMILES string of the molecule is C=C(C)CN=C(N)NCCCNS(=O)(=O)CC. The fraction of sp³-hybridized carbons (Fsp3) is 0.700. The van der Waals surface area contributed by atoms with Crippen LogP contribution in [0.5, 0.6) is 0 Å². The predicted octanol–water partition coefficient (Wildman–Crippen LogP) is -0.204. The fourth-order valence-corrected chi connectivity index (χ4v) is 1.57. The third-order valence-corrected chi connectivity index (χ3v) is 3.29. The molecule has 17 heavy (non-hydrogen) atoms. The first-order valence-electron chi connectivity index (χ1n) is 5.53. The molecule has 100 valence electrons. The Hall–Kier alpha value is -1.08. The molecule has 0 aromatic rings. The van der Waals surface area contributed by atoms with E-state index in [9.17, 15) is 8.42 Å². The van der Waals surface area contributed by atoms with Gasteiger partial charge in [-0.2, -0.15) is 0 Å². The van der Waals surface area contributed by atoms with E-state index >= 15 is 0 Å². The van der Waals surface area contributed by atoms with Crippen molar-refractivity contribution in [1.29, 1.82) is 0 Å². The highest BCUT2D eigenvalue weighted by Gasteiger charge is 2.03. The number of nitrogens with zero attached hydrogens (tertiary/aromatic N) is 1. The number of sulfonamides is 1. The van der Waals surface area contributed by atoms with E-state index in [2.05, 4.69) is 21.6 Å². The Morgan fingerprint density at radius 2 is 2.06 bits per heavy atom. The standard InChI is InChI=1S/C10H22N4O2S/c1-4-17(15,16)14-7-5-6-12-10(11)13-8-9(2)3/h14H,2,4-8H2,1,3H3,(H3,11,12,13). The number of nitrogens with one attached hydrogen (secondary N) is 2. The summed E-state index contributed by atoms with van der Waals surface area (Å²) >= 11 is 0. The maximum Gasteiger partial charge on any atom is 0.211 e. The minimum absolute atomic E-state index is 0.0998. The van der Waals surface area contributed by atoms with Crippen LogP contribution in [0.2, 0.25) is 0 Å². The largest absolute Gasteiger partial charge is 0.370 e. The summed E-state index contributed by atoms with van der Waals surface area (Å²) in [5, 5.41) is 2.89. The van der Waals surface area contributed by atoms with Crippen molar-refractivity contribution in [2.75, 3.05) is 25.4 Å². The van der Waals surface area contributed by atoms with Gasteiger partial charge in [0.25, 0.3) is 0 Å². The van der Waals surface area contributed by atoms with Gasteiger partial charge in [0.05, 0.1) is 12.3 Å². The summed E-state index contributed by atoms with van der Waals surface area (Å²) in [6.07, 6.45) is 0.655. The van der Waals surface area contributed by atoms with E-state index in [1.165, 1.54) is 0 Å². The van der Waals surface area contributed by atoms with Gasteiger partial charge in [-0.1, -0.05) is 12.2 Å². The summed E-state index contributed by atoms with van der Waals surface area (Å²) in [6.45, 7) is 8.66. The monoisotopic (exact) mass is 262 g/mol. The lowest BCUT2D eigenvalue weighted by Crippen LogP contribution is -2.35. The average molecular weight is 262 g/mol. The molecule has 0 amide bonds. The zero-order valence-corrected chi connectivity index (χ0v) is 11.3. The van der Waals surface area contributed by atoms with Gasteiger partial charge in [0.1, 0.15) is 0 Å². The van der Waals surface area contributed by atoms with Crippen LogP contribution in [0, 0.1) is 0 Å². The Labute approximate surface area is 103 Å². The molecule has 0 bridgehead atoms. The fourth-order valence-electron chi connectivity index (χ4n) is 0.911. The van der Waals surface area contributed by atoms with Crippen LogP contribution in [-0.2, 0) is 10.0 Å². The Morgan fingerprint density at radius 3 is 2.59 bits per heavy atom. The normalized spacial score (nSPS) is 12.5. The van der Waals surface area contributed by atoms with E-state index in [0.717, 1.165) is 5.57 Å². The molecule has 0 aliphatic carbocycles. The van der Waals surface area contributed by atoms with E-state index in [-0.39, 0.29) is 5.75 Å². The molecule has 0 spiro atoms. The Balaban J connectivity index is 3.65. The maximum atomic E-state index is 11.1. The molecule has 0 fully saturated rings. The molecular formula is C10H22N4O2S. The van der Waals surface area contributed by atoms with Crippen LogP contribution in [0.15, 0.2) is 17.1 Å². The van der Waals surface area contributed by atoms with Crippen molar-refractivity contribution >= 4 is 16.0 Å². The van der Waals surface area contributed by atoms with Crippen LogP contribution in [0.4, 0.5) is 0 Å². The first-order valence-corrected chi connectivity index (χ1v) is 7.18. The molecule has 0 aliphatic rings. The summed E-state index contributed by atoms with van der Waals surface area (Å²) in [4.78, 5) is 4.03. The second kappa shape index (κ2) is 8.08. The molecule has 0 unspecified atom stereocenters. The Kier molecular flexibility index (Phi) is 7.56. The molecule has 0 atom stereocenters. The maximum absolute atomic E-state index is 11.1. The zero-order chi connectivity index (χ0) is 13.3. The molecule has 0 saturated heterocycles. The van der Waals surface area contributed by atoms with Crippen molar-refractivity contribution in [1.82, 2.24) is 10.0 Å². The lowest BCUT2D eigenvalue weighted by Gasteiger charge is -2.06. The van der Waals surface area contributed by atoms with E-state index < -0.39 is 10.0 Å². The van der Waals surface area contributed by atoms with Crippen molar-refractivity contribution in [3.05, 3.63) is 12.2 Å². The van der Waals surface area contributed by atoms with Gasteiger partial charge in [-0.05, 0) is 20.3 Å². The van der Waals surface area contributed by atoms with Gasteiger partial charge in [0, 0.05) is 13.1 Å².